The highest BCUT2D eigenvalue weighted by molar-refractivity contribution is 6.74. The van der Waals surface area contributed by atoms with Gasteiger partial charge in [0.15, 0.2) is 16.6 Å². The minimum Gasteiger partial charge on any atom is -0.466 e. The molecule has 0 amide bonds. The van der Waals surface area contributed by atoms with Gasteiger partial charge < -0.3 is 13.6 Å². The molecule has 1 aliphatic carbocycles. The van der Waals surface area contributed by atoms with Crippen LogP contribution in [0.25, 0.3) is 0 Å². The highest BCUT2D eigenvalue weighted by atomic mass is 28.4. The van der Waals surface area contributed by atoms with Crippen LogP contribution in [0.15, 0.2) is 12.2 Å². The van der Waals surface area contributed by atoms with Gasteiger partial charge in [-0.15, -0.1) is 0 Å². The molecule has 0 bridgehead atoms. The molecule has 0 spiro atoms. The molecule has 1 fully saturated rings. The molecule has 0 heterocycles. The standard InChI is InChI=1S/C35H68O5Si2/c1-9-17-21-22-23-24-32(39-41(14-6,15-7)16-8)35-30(28-34(37)38-13-5)33(29-31(35)36)40-42(25-18-10-2,26-19-11-3)27-20-12-4/h23-24,30,32-33,35H,9-22,25-29H2,1-8H3/b24-23-/t30-,32+,33-,35+/m0/s1. The lowest BCUT2D eigenvalue weighted by Gasteiger charge is -2.39. The number of ketones is 1. The number of hydrogen-bond donors (Lipinski definition) is 0. The lowest BCUT2D eigenvalue weighted by atomic mass is 9.86. The van der Waals surface area contributed by atoms with Crippen LogP contribution in [-0.2, 0) is 23.2 Å². The maximum Gasteiger partial charge on any atom is 0.306 e. The molecule has 0 aromatic heterocycles. The molecule has 1 rings (SSSR count). The number of carbonyl (C=O) groups excluding carboxylic acids is 2. The summed E-state index contributed by atoms with van der Waals surface area (Å²) in [6.45, 7) is 18.0. The average molecular weight is 625 g/mol. The molecule has 0 saturated heterocycles. The van der Waals surface area contributed by atoms with Gasteiger partial charge in [-0.3, -0.25) is 9.59 Å². The monoisotopic (exact) mass is 624 g/mol. The van der Waals surface area contributed by atoms with Gasteiger partial charge in [-0.05, 0) is 56.0 Å². The number of esters is 1. The summed E-state index contributed by atoms with van der Waals surface area (Å²) >= 11 is 0. The van der Waals surface area contributed by atoms with E-state index in [1.807, 2.05) is 6.92 Å². The van der Waals surface area contributed by atoms with Crippen molar-refractivity contribution in [3.05, 3.63) is 12.2 Å². The second-order valence-corrected chi connectivity index (χ2v) is 21.6. The topological polar surface area (TPSA) is 61.8 Å². The predicted octanol–water partition coefficient (Wildman–Crippen LogP) is 10.4. The van der Waals surface area contributed by atoms with Crippen LogP contribution in [0.5, 0.6) is 0 Å². The highest BCUT2D eigenvalue weighted by Crippen LogP contribution is 2.43. The van der Waals surface area contributed by atoms with Crippen LogP contribution in [0.2, 0.25) is 36.3 Å². The first-order chi connectivity index (χ1) is 20.2. The van der Waals surface area contributed by atoms with Crippen LogP contribution in [0.4, 0.5) is 0 Å². The van der Waals surface area contributed by atoms with E-state index in [0.717, 1.165) is 68.4 Å². The van der Waals surface area contributed by atoms with E-state index in [0.29, 0.717) is 13.0 Å². The number of hydrogen-bond acceptors (Lipinski definition) is 5. The third-order valence-corrected chi connectivity index (χ3v) is 19.0. The van der Waals surface area contributed by atoms with Gasteiger partial charge in [0.1, 0.15) is 5.78 Å². The zero-order valence-electron chi connectivity index (χ0n) is 28.9. The molecule has 7 heteroatoms. The SMILES string of the molecule is CCCCC/C=C\[C@@H](O[Si](CC)(CC)CC)[C@H]1C(=O)C[C@H](O[Si](CCCC)(CCCC)CCCC)[C@@H]1CC(=O)OCC. The largest absolute Gasteiger partial charge is 0.466 e. The summed E-state index contributed by atoms with van der Waals surface area (Å²) < 4.78 is 20.0. The number of allylic oxidation sites excluding steroid dienone is 1. The van der Waals surface area contributed by atoms with E-state index in [4.69, 9.17) is 13.6 Å². The van der Waals surface area contributed by atoms with E-state index in [-0.39, 0.29) is 42.2 Å². The second-order valence-electron chi connectivity index (χ2n) is 12.8. The first-order valence-corrected chi connectivity index (χ1v) is 23.0. The minimum absolute atomic E-state index is 0.198. The van der Waals surface area contributed by atoms with Gasteiger partial charge >= 0.3 is 5.97 Å². The highest BCUT2D eigenvalue weighted by Gasteiger charge is 2.51. The Balaban J connectivity index is 3.55. The number of unbranched alkanes of at least 4 members (excludes halogenated alkanes) is 6. The van der Waals surface area contributed by atoms with E-state index in [9.17, 15) is 9.59 Å². The average Bonchev–Trinajstić information content (AvgIpc) is 3.28. The quantitative estimate of drug-likeness (QED) is 0.0438. The van der Waals surface area contributed by atoms with E-state index in [1.165, 1.54) is 32.1 Å². The molecular formula is C35H68O5Si2. The number of ether oxygens (including phenoxy) is 1. The maximum atomic E-state index is 14.1. The molecule has 0 aromatic carbocycles. The first-order valence-electron chi connectivity index (χ1n) is 17.9. The maximum absolute atomic E-state index is 14.1. The van der Waals surface area contributed by atoms with Crippen molar-refractivity contribution in [2.75, 3.05) is 6.61 Å². The van der Waals surface area contributed by atoms with E-state index in [1.54, 1.807) is 0 Å². The van der Waals surface area contributed by atoms with Crippen LogP contribution in [0.3, 0.4) is 0 Å². The third-order valence-electron chi connectivity index (χ3n) is 9.75. The van der Waals surface area contributed by atoms with E-state index < -0.39 is 16.6 Å². The number of rotatable bonds is 25. The van der Waals surface area contributed by atoms with Crippen molar-refractivity contribution in [2.45, 2.75) is 181 Å². The molecule has 246 valence electrons. The first kappa shape index (κ1) is 39.3. The summed E-state index contributed by atoms with van der Waals surface area (Å²) in [5.41, 5.74) is 0. The molecule has 0 unspecified atom stereocenters. The molecule has 1 aliphatic rings. The van der Waals surface area contributed by atoms with Gasteiger partial charge in [0, 0.05) is 12.3 Å². The van der Waals surface area contributed by atoms with E-state index in [2.05, 4.69) is 60.6 Å². The Kier molecular flexibility index (Phi) is 20.4. The van der Waals surface area contributed by atoms with Crippen molar-refractivity contribution >= 4 is 28.4 Å². The summed E-state index contributed by atoms with van der Waals surface area (Å²) in [6, 6.07) is 6.55. The van der Waals surface area contributed by atoms with Gasteiger partial charge in [0.05, 0.1) is 31.2 Å². The van der Waals surface area contributed by atoms with Crippen LogP contribution in [0, 0.1) is 11.8 Å². The van der Waals surface area contributed by atoms with Crippen molar-refractivity contribution in [1.29, 1.82) is 0 Å². The summed E-state index contributed by atoms with van der Waals surface area (Å²) in [4.78, 5) is 27.1. The van der Waals surface area contributed by atoms with Crippen molar-refractivity contribution in [1.82, 2.24) is 0 Å². The van der Waals surface area contributed by atoms with Crippen LogP contribution in [-0.4, -0.2) is 47.2 Å². The van der Waals surface area contributed by atoms with Crippen molar-refractivity contribution in [3.8, 4) is 0 Å². The van der Waals surface area contributed by atoms with Crippen molar-refractivity contribution in [2.24, 2.45) is 11.8 Å². The third kappa shape index (κ3) is 12.7. The van der Waals surface area contributed by atoms with Crippen LogP contribution < -0.4 is 0 Å². The molecule has 5 nitrogen and oxygen atoms in total. The lowest BCUT2D eigenvalue weighted by molar-refractivity contribution is -0.145. The van der Waals surface area contributed by atoms with Gasteiger partial charge in [-0.1, -0.05) is 112 Å². The molecule has 42 heavy (non-hydrogen) atoms. The van der Waals surface area contributed by atoms with Gasteiger partial charge in [0.2, 0.25) is 0 Å². The minimum atomic E-state index is -2.09. The molecule has 4 atom stereocenters. The summed E-state index contributed by atoms with van der Waals surface area (Å²) in [5, 5.41) is 0. The molecule has 0 aliphatic heterocycles. The fraction of sp³-hybridized carbons (Fsp3) is 0.886. The Morgan fingerprint density at radius 1 is 0.810 bits per heavy atom. The Bertz CT molecular complexity index is 736. The molecule has 1 saturated carbocycles. The Morgan fingerprint density at radius 3 is 1.83 bits per heavy atom. The fourth-order valence-electron chi connectivity index (χ4n) is 6.82. The van der Waals surface area contributed by atoms with E-state index >= 15 is 0 Å². The smallest absolute Gasteiger partial charge is 0.306 e. The zero-order valence-corrected chi connectivity index (χ0v) is 30.9. The zero-order chi connectivity index (χ0) is 31.4. The van der Waals surface area contributed by atoms with Gasteiger partial charge in [-0.2, -0.15) is 0 Å². The predicted molar refractivity (Wildman–Crippen MR) is 183 cm³/mol. The number of Topliss-reactive ketones (excluding diaryl/α,β-unsaturated/α-hetero) is 1. The molecule has 0 N–H and O–H groups in total. The fourth-order valence-corrected chi connectivity index (χ4v) is 14.6. The molecule has 0 aromatic rings. The Hall–Kier alpha value is -0.766. The van der Waals surface area contributed by atoms with Gasteiger partial charge in [0.25, 0.3) is 0 Å². The van der Waals surface area contributed by atoms with Crippen molar-refractivity contribution < 1.29 is 23.2 Å². The summed E-state index contributed by atoms with van der Waals surface area (Å²) in [7, 11) is -4.10. The Labute approximate surface area is 262 Å². The lowest BCUT2D eigenvalue weighted by Crippen LogP contribution is -2.46. The van der Waals surface area contributed by atoms with Crippen LogP contribution in [0.1, 0.15) is 132 Å². The summed E-state index contributed by atoms with van der Waals surface area (Å²) in [5.74, 6) is -0.549. The number of carbonyl (C=O) groups is 2. The normalized spacial score (nSPS) is 20.5. The van der Waals surface area contributed by atoms with Gasteiger partial charge in [-0.25, -0.2) is 0 Å². The van der Waals surface area contributed by atoms with Crippen molar-refractivity contribution in [3.63, 3.8) is 0 Å². The second kappa shape index (κ2) is 21.9. The Morgan fingerprint density at radius 2 is 1.36 bits per heavy atom. The van der Waals surface area contributed by atoms with Crippen LogP contribution >= 0.6 is 0 Å². The summed E-state index contributed by atoms with van der Waals surface area (Å²) in [6.07, 6.45) is 16.1. The molecular weight excluding hydrogens is 557 g/mol. The molecule has 0 radical (unpaired) electrons.